The van der Waals surface area contributed by atoms with Crippen molar-refractivity contribution in [3.8, 4) is 5.75 Å². The molecule has 3 rings (SSSR count). The van der Waals surface area contributed by atoms with Crippen molar-refractivity contribution in [2.75, 3.05) is 6.61 Å². The SMILES string of the molecule is Cc1ccc2c(c1O)CN(S(=O)(=O)c1ccc(Br)cc1)[C@@H](CO[Si](C)(C)C(C)(C)C)C2. The number of aryl methyl sites for hydroxylation is 1. The minimum absolute atomic E-state index is 0.0321. The molecule has 2 aromatic rings. The molecule has 1 N–H and O–H groups in total. The smallest absolute Gasteiger partial charge is 0.243 e. The van der Waals surface area contributed by atoms with Crippen LogP contribution in [0.4, 0.5) is 0 Å². The van der Waals surface area contributed by atoms with E-state index in [0.717, 1.165) is 15.6 Å². The Bertz CT molecular complexity index is 1060. The summed E-state index contributed by atoms with van der Waals surface area (Å²) in [4.78, 5) is 0.239. The summed E-state index contributed by atoms with van der Waals surface area (Å²) in [5.41, 5.74) is 2.41. The number of phenolic OH excluding ortho intramolecular Hbond substituents is 1. The number of phenols is 1. The molecule has 1 aliphatic heterocycles. The molecule has 1 heterocycles. The van der Waals surface area contributed by atoms with Gasteiger partial charge < -0.3 is 9.53 Å². The van der Waals surface area contributed by atoms with E-state index >= 15 is 0 Å². The lowest BCUT2D eigenvalue weighted by atomic mass is 9.93. The Hall–Kier alpha value is -1.19. The first kappa shape index (κ1) is 24.4. The van der Waals surface area contributed by atoms with Gasteiger partial charge in [-0.1, -0.05) is 48.8 Å². The minimum Gasteiger partial charge on any atom is -0.507 e. The lowest BCUT2D eigenvalue weighted by Gasteiger charge is -2.41. The summed E-state index contributed by atoms with van der Waals surface area (Å²) < 4.78 is 36.0. The summed E-state index contributed by atoms with van der Waals surface area (Å²) in [6.45, 7) is 13.2. The molecule has 0 amide bonds. The molecule has 170 valence electrons. The van der Waals surface area contributed by atoms with Crippen molar-refractivity contribution in [1.82, 2.24) is 4.31 Å². The van der Waals surface area contributed by atoms with Gasteiger partial charge in [-0.2, -0.15) is 4.31 Å². The quantitative estimate of drug-likeness (QED) is 0.515. The maximum Gasteiger partial charge on any atom is 0.243 e. The van der Waals surface area contributed by atoms with Crippen molar-refractivity contribution >= 4 is 34.3 Å². The first-order chi connectivity index (χ1) is 14.2. The van der Waals surface area contributed by atoms with E-state index in [1.165, 1.54) is 4.31 Å². The Labute approximate surface area is 195 Å². The van der Waals surface area contributed by atoms with E-state index in [2.05, 4.69) is 49.8 Å². The Morgan fingerprint density at radius 1 is 1.16 bits per heavy atom. The van der Waals surface area contributed by atoms with E-state index < -0.39 is 18.3 Å². The van der Waals surface area contributed by atoms with Crippen LogP contribution < -0.4 is 0 Å². The van der Waals surface area contributed by atoms with Crippen molar-refractivity contribution in [1.29, 1.82) is 0 Å². The van der Waals surface area contributed by atoms with Gasteiger partial charge >= 0.3 is 0 Å². The zero-order valence-electron chi connectivity index (χ0n) is 19.1. The third-order valence-corrected chi connectivity index (χ3v) is 13.6. The zero-order valence-corrected chi connectivity index (χ0v) is 22.5. The average Bonchev–Trinajstić information content (AvgIpc) is 2.68. The van der Waals surface area contributed by atoms with Crippen LogP contribution in [0.15, 0.2) is 45.8 Å². The normalized spacial score (nSPS) is 18.1. The molecule has 0 fully saturated rings. The summed E-state index contributed by atoms with van der Waals surface area (Å²) in [7, 11) is -5.82. The summed E-state index contributed by atoms with van der Waals surface area (Å²) >= 11 is 3.37. The molecule has 8 heteroatoms. The first-order valence-electron chi connectivity index (χ1n) is 10.5. The van der Waals surface area contributed by atoms with Crippen LogP contribution in [0.25, 0.3) is 0 Å². The van der Waals surface area contributed by atoms with Crippen LogP contribution in [0.3, 0.4) is 0 Å². The standard InChI is InChI=1S/C23H32BrNO4SSi/c1-16-7-8-17-13-19(15-29-31(5,6)23(2,3)4)25(14-21(17)22(16)26)30(27,28)20-11-9-18(24)10-12-20/h7-12,19,26H,13-15H2,1-6H3/t19-/m1/s1. The summed E-state index contributed by atoms with van der Waals surface area (Å²) in [5.74, 6) is 0.178. The molecule has 0 aliphatic carbocycles. The van der Waals surface area contributed by atoms with Crippen LogP contribution in [0, 0.1) is 6.92 Å². The number of hydrogen-bond acceptors (Lipinski definition) is 4. The predicted molar refractivity (Wildman–Crippen MR) is 130 cm³/mol. The van der Waals surface area contributed by atoms with Gasteiger partial charge in [-0.05, 0) is 66.9 Å². The number of nitrogens with zero attached hydrogens (tertiary/aromatic N) is 1. The molecule has 0 spiro atoms. The largest absolute Gasteiger partial charge is 0.507 e. The molecule has 0 radical (unpaired) electrons. The Morgan fingerprint density at radius 3 is 2.35 bits per heavy atom. The van der Waals surface area contributed by atoms with Gasteiger partial charge in [-0.25, -0.2) is 8.42 Å². The highest BCUT2D eigenvalue weighted by molar-refractivity contribution is 9.10. The third-order valence-electron chi connectivity index (χ3n) is 6.62. The van der Waals surface area contributed by atoms with Gasteiger partial charge in [0.1, 0.15) is 5.75 Å². The maximum absolute atomic E-state index is 13.6. The molecule has 5 nitrogen and oxygen atoms in total. The van der Waals surface area contributed by atoms with Crippen LogP contribution in [-0.2, 0) is 27.4 Å². The van der Waals surface area contributed by atoms with Gasteiger partial charge in [0.05, 0.1) is 17.5 Å². The van der Waals surface area contributed by atoms with Crippen molar-refractivity contribution in [3.05, 3.63) is 57.6 Å². The summed E-state index contributed by atoms with van der Waals surface area (Å²) in [6, 6.07) is 10.2. The number of rotatable bonds is 5. The molecule has 31 heavy (non-hydrogen) atoms. The molecule has 1 atom stereocenters. The van der Waals surface area contributed by atoms with Crippen LogP contribution in [0.2, 0.25) is 18.1 Å². The van der Waals surface area contributed by atoms with Gasteiger partial charge in [0.15, 0.2) is 8.32 Å². The van der Waals surface area contributed by atoms with E-state index in [4.69, 9.17) is 4.43 Å². The Morgan fingerprint density at radius 2 is 1.77 bits per heavy atom. The second-order valence-corrected chi connectivity index (χ2v) is 17.4. The second kappa shape index (κ2) is 8.63. The fraction of sp³-hybridized carbons (Fsp3) is 0.478. The van der Waals surface area contributed by atoms with Gasteiger partial charge in [-0.3, -0.25) is 0 Å². The molecular formula is C23H32BrNO4SSi. The topological polar surface area (TPSA) is 66.8 Å². The lowest BCUT2D eigenvalue weighted by molar-refractivity contribution is 0.176. The van der Waals surface area contributed by atoms with E-state index in [1.807, 2.05) is 19.1 Å². The molecule has 2 aromatic carbocycles. The first-order valence-corrected chi connectivity index (χ1v) is 15.6. The average molecular weight is 527 g/mol. The molecule has 0 aromatic heterocycles. The highest BCUT2D eigenvalue weighted by Gasteiger charge is 2.41. The highest BCUT2D eigenvalue weighted by atomic mass is 79.9. The lowest BCUT2D eigenvalue weighted by Crippen LogP contribution is -2.50. The number of sulfonamides is 1. The van der Waals surface area contributed by atoms with Crippen molar-refractivity contribution < 1.29 is 18.0 Å². The fourth-order valence-corrected chi connectivity index (χ4v) is 6.37. The molecule has 1 aliphatic rings. The van der Waals surface area contributed by atoms with Crippen molar-refractivity contribution in [2.45, 2.75) is 69.7 Å². The Kier molecular flexibility index (Phi) is 6.81. The molecule has 0 saturated carbocycles. The zero-order chi connectivity index (χ0) is 23.2. The van der Waals surface area contributed by atoms with E-state index in [0.29, 0.717) is 18.6 Å². The van der Waals surface area contributed by atoms with Crippen molar-refractivity contribution in [3.63, 3.8) is 0 Å². The number of halogens is 1. The summed E-state index contributed by atoms with van der Waals surface area (Å²) in [6.07, 6.45) is 0.507. The van der Waals surface area contributed by atoms with Crippen LogP contribution in [-0.4, -0.2) is 38.8 Å². The van der Waals surface area contributed by atoms with Crippen LogP contribution >= 0.6 is 15.9 Å². The van der Waals surface area contributed by atoms with Crippen LogP contribution in [0.1, 0.15) is 37.5 Å². The minimum atomic E-state index is -3.77. The number of benzene rings is 2. The fourth-order valence-electron chi connectivity index (χ4n) is 3.49. The van der Waals surface area contributed by atoms with Crippen LogP contribution in [0.5, 0.6) is 5.75 Å². The molecule has 0 bridgehead atoms. The van der Waals surface area contributed by atoms with Gasteiger partial charge in [0.2, 0.25) is 10.0 Å². The van der Waals surface area contributed by atoms with E-state index in [9.17, 15) is 13.5 Å². The highest BCUT2D eigenvalue weighted by Crippen LogP contribution is 2.39. The molecular weight excluding hydrogens is 494 g/mol. The van der Waals surface area contributed by atoms with Crippen molar-refractivity contribution in [2.24, 2.45) is 0 Å². The van der Waals surface area contributed by atoms with Gasteiger partial charge in [0.25, 0.3) is 0 Å². The van der Waals surface area contributed by atoms with E-state index in [1.54, 1.807) is 24.3 Å². The number of hydrogen-bond donors (Lipinski definition) is 1. The molecule has 0 unspecified atom stereocenters. The van der Waals surface area contributed by atoms with E-state index in [-0.39, 0.29) is 28.3 Å². The molecule has 0 saturated heterocycles. The number of aromatic hydroxyl groups is 1. The summed E-state index contributed by atoms with van der Waals surface area (Å²) in [5, 5.41) is 10.7. The van der Waals surface area contributed by atoms with Gasteiger partial charge in [0, 0.05) is 16.6 Å². The number of fused-ring (bicyclic) bond motifs is 1. The predicted octanol–water partition coefficient (Wildman–Crippen LogP) is 5.60. The second-order valence-electron chi connectivity index (χ2n) is 9.80. The monoisotopic (exact) mass is 525 g/mol. The maximum atomic E-state index is 13.6. The van der Waals surface area contributed by atoms with Gasteiger partial charge in [-0.15, -0.1) is 0 Å². The third kappa shape index (κ3) is 4.93. The Balaban J connectivity index is 2.01.